The van der Waals surface area contributed by atoms with Gasteiger partial charge in [0.1, 0.15) is 22.8 Å². The Labute approximate surface area is 167 Å². The first-order valence-electron chi connectivity index (χ1n) is 8.52. The predicted octanol–water partition coefficient (Wildman–Crippen LogP) is 2.87. The molecule has 0 saturated carbocycles. The van der Waals surface area contributed by atoms with E-state index in [4.69, 9.17) is 13.9 Å². The van der Waals surface area contributed by atoms with E-state index < -0.39 is 31.9 Å². The molecule has 0 atom stereocenters. The fraction of sp³-hybridized carbons (Fsp3) is 0.143. The van der Waals surface area contributed by atoms with Gasteiger partial charge in [-0.15, -0.1) is 0 Å². The molecule has 0 aliphatic heterocycles. The molecule has 0 unspecified atom stereocenters. The number of carbonyl (C=O) groups excluding carboxylic acids is 1. The molecule has 8 heteroatoms. The number of ether oxygens (including phenoxy) is 2. The minimum atomic E-state index is -4.20. The van der Waals surface area contributed by atoms with Gasteiger partial charge in [-0.3, -0.25) is 4.79 Å². The number of sulfone groups is 1. The van der Waals surface area contributed by atoms with Gasteiger partial charge < -0.3 is 13.9 Å². The number of benzene rings is 2. The Morgan fingerprint density at radius 2 is 1.79 bits per heavy atom. The van der Waals surface area contributed by atoms with Crippen molar-refractivity contribution in [1.82, 2.24) is 0 Å². The van der Waals surface area contributed by atoms with Gasteiger partial charge in [-0.25, -0.2) is 13.2 Å². The summed E-state index contributed by atoms with van der Waals surface area (Å²) in [5.74, 6) is -0.506. The Hall–Kier alpha value is -3.39. The fourth-order valence-electron chi connectivity index (χ4n) is 2.71. The van der Waals surface area contributed by atoms with Crippen molar-refractivity contribution in [1.29, 1.82) is 0 Å². The number of fused-ring (bicyclic) bond motifs is 1. The standard InChI is InChI=1S/C21H18O7S/c1-26-16-10-7-14(8-11-16)6-9-15(22)13-29(24,25)20-12-17-18(27-2)4-3-5-19(17)28-21(20)23/h3-12H,13H2,1-2H3/b9-6-. The lowest BCUT2D eigenvalue weighted by molar-refractivity contribution is -0.112. The van der Waals surface area contributed by atoms with Crippen molar-refractivity contribution in [3.8, 4) is 11.5 Å². The van der Waals surface area contributed by atoms with Crippen LogP contribution in [-0.4, -0.2) is 34.2 Å². The van der Waals surface area contributed by atoms with Crippen LogP contribution in [0.3, 0.4) is 0 Å². The molecule has 3 aromatic rings. The van der Waals surface area contributed by atoms with Crippen LogP contribution in [0.25, 0.3) is 17.0 Å². The maximum atomic E-state index is 12.6. The molecule has 150 valence electrons. The van der Waals surface area contributed by atoms with Crippen LogP contribution in [0.2, 0.25) is 0 Å². The van der Waals surface area contributed by atoms with Gasteiger partial charge in [-0.2, -0.15) is 0 Å². The van der Waals surface area contributed by atoms with Crippen molar-refractivity contribution in [3.63, 3.8) is 0 Å². The SMILES string of the molecule is COc1ccc(/C=C\C(=O)CS(=O)(=O)c2cc3c(OC)cccc3oc2=O)cc1. The van der Waals surface area contributed by atoms with E-state index in [9.17, 15) is 18.0 Å². The predicted molar refractivity (Wildman–Crippen MR) is 108 cm³/mol. The van der Waals surface area contributed by atoms with E-state index in [1.54, 1.807) is 36.4 Å². The molecular formula is C21H18O7S. The van der Waals surface area contributed by atoms with Crippen molar-refractivity contribution in [2.45, 2.75) is 4.90 Å². The number of methoxy groups -OCH3 is 2. The van der Waals surface area contributed by atoms with Crippen LogP contribution in [0.1, 0.15) is 5.56 Å². The molecule has 0 saturated heterocycles. The smallest absolute Gasteiger partial charge is 0.355 e. The van der Waals surface area contributed by atoms with E-state index in [1.807, 2.05) is 0 Å². The van der Waals surface area contributed by atoms with Crippen molar-refractivity contribution in [3.05, 3.63) is 70.6 Å². The third kappa shape index (κ3) is 4.55. The van der Waals surface area contributed by atoms with E-state index in [2.05, 4.69) is 0 Å². The Balaban J connectivity index is 1.86. The molecule has 1 aromatic heterocycles. The van der Waals surface area contributed by atoms with Gasteiger partial charge in [0.2, 0.25) is 0 Å². The van der Waals surface area contributed by atoms with Gasteiger partial charge in [0.15, 0.2) is 20.5 Å². The van der Waals surface area contributed by atoms with E-state index in [0.717, 1.165) is 6.08 Å². The second-order valence-corrected chi connectivity index (χ2v) is 8.06. The summed E-state index contributed by atoms with van der Waals surface area (Å²) in [5.41, 5.74) is -0.136. The zero-order valence-electron chi connectivity index (χ0n) is 15.7. The highest BCUT2D eigenvalue weighted by molar-refractivity contribution is 7.92. The Kier molecular flexibility index (Phi) is 5.84. The van der Waals surface area contributed by atoms with Crippen molar-refractivity contribution in [2.24, 2.45) is 0 Å². The van der Waals surface area contributed by atoms with Crippen LogP contribution in [-0.2, 0) is 14.6 Å². The van der Waals surface area contributed by atoms with E-state index in [1.165, 1.54) is 32.4 Å². The lowest BCUT2D eigenvalue weighted by atomic mass is 10.2. The van der Waals surface area contributed by atoms with Crippen LogP contribution in [0, 0.1) is 0 Å². The number of ketones is 1. The Morgan fingerprint density at radius 3 is 2.45 bits per heavy atom. The molecular weight excluding hydrogens is 396 g/mol. The number of allylic oxidation sites excluding steroid dienone is 1. The van der Waals surface area contributed by atoms with Crippen LogP contribution < -0.4 is 15.1 Å². The molecule has 0 aliphatic carbocycles. The molecule has 0 amide bonds. The summed E-state index contributed by atoms with van der Waals surface area (Å²) in [7, 11) is -1.25. The number of rotatable bonds is 7. The molecule has 0 bridgehead atoms. The Bertz CT molecular complexity index is 1240. The average molecular weight is 414 g/mol. The molecule has 0 radical (unpaired) electrons. The first-order chi connectivity index (χ1) is 13.8. The minimum Gasteiger partial charge on any atom is -0.497 e. The first kappa shape index (κ1) is 20.3. The maximum absolute atomic E-state index is 12.6. The van der Waals surface area contributed by atoms with E-state index in [0.29, 0.717) is 22.4 Å². The molecule has 7 nitrogen and oxygen atoms in total. The maximum Gasteiger partial charge on any atom is 0.355 e. The molecule has 2 aromatic carbocycles. The summed E-state index contributed by atoms with van der Waals surface area (Å²) in [5, 5.41) is 0.328. The third-order valence-electron chi connectivity index (χ3n) is 4.17. The largest absolute Gasteiger partial charge is 0.497 e. The Morgan fingerprint density at radius 1 is 1.07 bits per heavy atom. The van der Waals surface area contributed by atoms with Crippen LogP contribution >= 0.6 is 0 Å². The zero-order valence-corrected chi connectivity index (χ0v) is 16.6. The topological polar surface area (TPSA) is 99.9 Å². The number of carbonyl (C=O) groups is 1. The van der Waals surface area contributed by atoms with E-state index >= 15 is 0 Å². The lowest BCUT2D eigenvalue weighted by Crippen LogP contribution is -2.21. The van der Waals surface area contributed by atoms with Gasteiger partial charge >= 0.3 is 5.63 Å². The molecule has 0 aliphatic rings. The molecule has 0 spiro atoms. The molecule has 29 heavy (non-hydrogen) atoms. The van der Waals surface area contributed by atoms with Crippen LogP contribution in [0.5, 0.6) is 11.5 Å². The van der Waals surface area contributed by atoms with Gasteiger partial charge in [-0.1, -0.05) is 24.3 Å². The second-order valence-electron chi connectivity index (χ2n) is 6.10. The van der Waals surface area contributed by atoms with Crippen molar-refractivity contribution < 1.29 is 27.1 Å². The van der Waals surface area contributed by atoms with Crippen LogP contribution in [0.4, 0.5) is 0 Å². The molecule has 3 rings (SSSR count). The van der Waals surface area contributed by atoms with Crippen molar-refractivity contribution in [2.75, 3.05) is 20.0 Å². The average Bonchev–Trinajstić information content (AvgIpc) is 2.71. The normalized spacial score (nSPS) is 11.7. The van der Waals surface area contributed by atoms with Gasteiger partial charge in [0, 0.05) is 0 Å². The highest BCUT2D eigenvalue weighted by Crippen LogP contribution is 2.26. The number of hydrogen-bond donors (Lipinski definition) is 0. The first-order valence-corrected chi connectivity index (χ1v) is 10.2. The quantitative estimate of drug-likeness (QED) is 0.433. The highest BCUT2D eigenvalue weighted by atomic mass is 32.2. The summed E-state index contributed by atoms with van der Waals surface area (Å²) in [6.07, 6.45) is 2.64. The van der Waals surface area contributed by atoms with E-state index in [-0.39, 0.29) is 5.58 Å². The summed E-state index contributed by atoms with van der Waals surface area (Å²) >= 11 is 0. The lowest BCUT2D eigenvalue weighted by Gasteiger charge is -2.06. The monoisotopic (exact) mass is 414 g/mol. The minimum absolute atomic E-state index is 0.194. The molecule has 0 fully saturated rings. The summed E-state index contributed by atoms with van der Waals surface area (Å²) in [6.45, 7) is 0. The fourth-order valence-corrected chi connectivity index (χ4v) is 3.93. The summed E-state index contributed by atoms with van der Waals surface area (Å²) in [4.78, 5) is 23.8. The summed E-state index contributed by atoms with van der Waals surface area (Å²) < 4.78 is 40.6. The van der Waals surface area contributed by atoms with Crippen LogP contribution in [0.15, 0.2) is 68.7 Å². The zero-order chi connectivity index (χ0) is 21.0. The highest BCUT2D eigenvalue weighted by Gasteiger charge is 2.24. The molecule has 0 N–H and O–H groups in total. The van der Waals surface area contributed by atoms with Gasteiger partial charge in [-0.05, 0) is 42.0 Å². The second kappa shape index (κ2) is 8.32. The third-order valence-corrected chi connectivity index (χ3v) is 5.79. The number of hydrogen-bond acceptors (Lipinski definition) is 7. The van der Waals surface area contributed by atoms with Crippen molar-refractivity contribution >= 4 is 32.7 Å². The molecule has 1 heterocycles. The van der Waals surface area contributed by atoms with Gasteiger partial charge in [0.25, 0.3) is 0 Å². The summed E-state index contributed by atoms with van der Waals surface area (Å²) in [6, 6.07) is 12.8. The van der Waals surface area contributed by atoms with Gasteiger partial charge in [0.05, 0.1) is 19.6 Å².